The van der Waals surface area contributed by atoms with Crippen molar-refractivity contribution < 1.29 is 24.9 Å². The molecule has 0 aliphatic carbocycles. The molecule has 2 saturated heterocycles. The van der Waals surface area contributed by atoms with Crippen molar-refractivity contribution in [3.8, 4) is 0 Å². The summed E-state index contributed by atoms with van der Waals surface area (Å²) in [6, 6.07) is -0.989. The number of halogens is 1. The van der Waals surface area contributed by atoms with Gasteiger partial charge in [-0.2, -0.15) is 0 Å². The quantitative estimate of drug-likeness (QED) is 0.232. The van der Waals surface area contributed by atoms with Gasteiger partial charge in [0.2, 0.25) is 5.91 Å². The maximum atomic E-state index is 12.9. The van der Waals surface area contributed by atoms with E-state index >= 15 is 0 Å². The van der Waals surface area contributed by atoms with Gasteiger partial charge in [-0.05, 0) is 38.5 Å². The molecule has 1 amide bonds. The highest BCUT2D eigenvalue weighted by molar-refractivity contribution is 7.99. The fourth-order valence-corrected chi connectivity index (χ4v) is 5.24. The number of aliphatic hydroxyl groups is 3. The highest BCUT2D eigenvalue weighted by Crippen LogP contribution is 2.30. The van der Waals surface area contributed by atoms with Crippen LogP contribution in [-0.2, 0) is 9.53 Å². The molecule has 0 radical (unpaired) electrons. The van der Waals surface area contributed by atoms with E-state index in [0.29, 0.717) is 5.92 Å². The van der Waals surface area contributed by atoms with Crippen LogP contribution >= 0.6 is 23.4 Å². The van der Waals surface area contributed by atoms with E-state index in [0.717, 1.165) is 19.4 Å². The van der Waals surface area contributed by atoms with Crippen LogP contribution in [0.5, 0.6) is 0 Å². The second kappa shape index (κ2) is 12.8. The largest absolute Gasteiger partial charge is 0.388 e. The molecule has 0 aromatic heterocycles. The maximum Gasteiger partial charge on any atom is 0.237 e. The Morgan fingerprint density at radius 2 is 1.90 bits per heavy atom. The van der Waals surface area contributed by atoms with Crippen molar-refractivity contribution in [1.82, 2.24) is 10.6 Å². The third-order valence-corrected chi connectivity index (χ3v) is 7.38. The summed E-state index contributed by atoms with van der Waals surface area (Å²) >= 11 is 7.57. The maximum absolute atomic E-state index is 12.9. The number of carbonyl (C=O) groups excluding carboxylic acids is 1. The zero-order chi connectivity index (χ0) is 22.3. The van der Waals surface area contributed by atoms with Crippen molar-refractivity contribution in [2.75, 3.05) is 12.8 Å². The van der Waals surface area contributed by atoms with Crippen LogP contribution in [0.25, 0.3) is 0 Å². The highest BCUT2D eigenvalue weighted by atomic mass is 35.5. The summed E-state index contributed by atoms with van der Waals surface area (Å²) in [4.78, 5) is 12.9. The van der Waals surface area contributed by atoms with Gasteiger partial charge in [0.1, 0.15) is 29.9 Å². The zero-order valence-corrected chi connectivity index (χ0v) is 19.9. The van der Waals surface area contributed by atoms with Crippen molar-refractivity contribution in [1.29, 1.82) is 0 Å². The number of rotatable bonds is 11. The number of amides is 1. The summed E-state index contributed by atoms with van der Waals surface area (Å²) < 4.78 is 5.81. The number of carbonyl (C=O) groups is 1. The summed E-state index contributed by atoms with van der Waals surface area (Å²) in [5.41, 5.74) is -0.704. The molecule has 2 heterocycles. The van der Waals surface area contributed by atoms with Gasteiger partial charge in [-0.1, -0.05) is 39.0 Å². The van der Waals surface area contributed by atoms with Crippen molar-refractivity contribution in [2.24, 2.45) is 5.92 Å². The van der Waals surface area contributed by atoms with Gasteiger partial charge in [-0.3, -0.25) is 4.79 Å². The molecule has 0 saturated carbocycles. The summed E-state index contributed by atoms with van der Waals surface area (Å²) in [5.74, 6) is 0.321. The molecule has 2 rings (SSSR count). The second-order valence-corrected chi connectivity index (χ2v) is 10.3. The minimum atomic E-state index is -1.36. The van der Waals surface area contributed by atoms with E-state index in [1.54, 1.807) is 13.2 Å². The average molecular weight is 467 g/mol. The van der Waals surface area contributed by atoms with Gasteiger partial charge in [0.25, 0.3) is 0 Å². The summed E-state index contributed by atoms with van der Waals surface area (Å²) in [7, 11) is 0. The predicted molar refractivity (Wildman–Crippen MR) is 121 cm³/mol. The van der Waals surface area contributed by atoms with Gasteiger partial charge in [0, 0.05) is 0 Å². The average Bonchev–Trinajstić information content (AvgIpc) is 3.19. The number of aliphatic hydroxyl groups excluding tert-OH is 3. The fourth-order valence-electron chi connectivity index (χ4n) is 4.35. The van der Waals surface area contributed by atoms with Crippen LogP contribution in [-0.4, -0.2) is 81.3 Å². The summed E-state index contributed by atoms with van der Waals surface area (Å²) in [5, 5.41) is 36.4. The van der Waals surface area contributed by atoms with Crippen molar-refractivity contribution in [3.05, 3.63) is 0 Å². The van der Waals surface area contributed by atoms with E-state index in [1.807, 2.05) is 0 Å². The lowest BCUT2D eigenvalue weighted by Crippen LogP contribution is -2.65. The van der Waals surface area contributed by atoms with Crippen LogP contribution in [0.4, 0.5) is 0 Å². The van der Waals surface area contributed by atoms with Gasteiger partial charge in [0.05, 0.1) is 17.5 Å². The standard InChI is InChI=1S/C21H39ClN2O5S/c1-4-5-6-7-8-9-13-10-14(23-11-13)20(28)24-15(12(2)22)19-17(26)16(25)18(27)21(29-19)30-3/h12-19,21,23,25-27H,4-11H2,1-3H3,(H,24,28)/t12?,13-,14-,15?,16-,17+,18+,19?,21+/m0/s1. The van der Waals surface area contributed by atoms with E-state index < -0.39 is 41.3 Å². The van der Waals surface area contributed by atoms with E-state index in [9.17, 15) is 20.1 Å². The van der Waals surface area contributed by atoms with Gasteiger partial charge in [-0.15, -0.1) is 23.4 Å². The highest BCUT2D eigenvalue weighted by Gasteiger charge is 2.48. The van der Waals surface area contributed by atoms with E-state index in [4.69, 9.17) is 16.3 Å². The first kappa shape index (κ1) is 26.2. The number of unbranched alkanes of at least 4 members (excludes halogenated alkanes) is 4. The SMILES string of the molecule is CCCCCCC[C@@H]1CN[C@H](C(=O)NC(C(C)Cl)C2O[C@H](SC)[C@H](O)[C@@H](O)[C@H]2O)C1. The Morgan fingerprint density at radius 1 is 1.20 bits per heavy atom. The van der Waals surface area contributed by atoms with E-state index in [-0.39, 0.29) is 11.9 Å². The molecule has 30 heavy (non-hydrogen) atoms. The second-order valence-electron chi connectivity index (χ2n) is 8.65. The predicted octanol–water partition coefficient (Wildman–Crippen LogP) is 1.61. The summed E-state index contributed by atoms with van der Waals surface area (Å²) in [6.07, 6.45) is 5.07. The molecule has 2 aliphatic heterocycles. The van der Waals surface area contributed by atoms with Crippen LogP contribution in [0, 0.1) is 5.92 Å². The topological polar surface area (TPSA) is 111 Å². The number of hydrogen-bond donors (Lipinski definition) is 5. The third kappa shape index (κ3) is 6.95. The molecule has 9 heteroatoms. The van der Waals surface area contributed by atoms with Gasteiger partial charge in [-0.25, -0.2) is 0 Å². The van der Waals surface area contributed by atoms with Gasteiger partial charge < -0.3 is 30.7 Å². The van der Waals surface area contributed by atoms with Crippen LogP contribution in [0.1, 0.15) is 58.8 Å². The number of hydrogen-bond acceptors (Lipinski definition) is 7. The number of alkyl halides is 1. The number of nitrogens with one attached hydrogen (secondary N) is 2. The molecule has 2 fully saturated rings. The first-order valence-electron chi connectivity index (χ1n) is 11.2. The molecule has 3 unspecified atom stereocenters. The number of thioether (sulfide) groups is 1. The van der Waals surface area contributed by atoms with E-state index in [2.05, 4.69) is 17.6 Å². The lowest BCUT2D eigenvalue weighted by atomic mass is 9.92. The molecule has 9 atom stereocenters. The van der Waals surface area contributed by atoms with Crippen LogP contribution in [0.15, 0.2) is 0 Å². The Labute approximate surface area is 189 Å². The molecular formula is C21H39ClN2O5S. The molecule has 7 nitrogen and oxygen atoms in total. The van der Waals surface area contributed by atoms with Gasteiger partial charge in [0.15, 0.2) is 0 Å². The first-order valence-corrected chi connectivity index (χ1v) is 12.9. The Morgan fingerprint density at radius 3 is 2.53 bits per heavy atom. The molecule has 0 aromatic carbocycles. The Hall–Kier alpha value is -0.0900. The van der Waals surface area contributed by atoms with Crippen molar-refractivity contribution >= 4 is 29.3 Å². The third-order valence-electron chi connectivity index (χ3n) is 6.25. The molecule has 2 aliphatic rings. The molecular weight excluding hydrogens is 428 g/mol. The Bertz CT molecular complexity index is 528. The molecule has 176 valence electrons. The zero-order valence-electron chi connectivity index (χ0n) is 18.3. The minimum Gasteiger partial charge on any atom is -0.388 e. The lowest BCUT2D eigenvalue weighted by Gasteiger charge is -2.44. The molecule has 0 bridgehead atoms. The van der Waals surface area contributed by atoms with E-state index in [1.165, 1.54) is 43.9 Å². The molecule has 0 spiro atoms. The first-order chi connectivity index (χ1) is 14.3. The Kier molecular flexibility index (Phi) is 11.2. The number of ether oxygens (including phenoxy) is 1. The lowest BCUT2D eigenvalue weighted by molar-refractivity contribution is -0.205. The van der Waals surface area contributed by atoms with Crippen LogP contribution in [0.2, 0.25) is 0 Å². The monoisotopic (exact) mass is 466 g/mol. The molecule has 5 N–H and O–H groups in total. The van der Waals surface area contributed by atoms with Crippen molar-refractivity contribution in [3.63, 3.8) is 0 Å². The van der Waals surface area contributed by atoms with Crippen molar-refractivity contribution in [2.45, 2.75) is 106 Å². The van der Waals surface area contributed by atoms with Crippen LogP contribution < -0.4 is 10.6 Å². The van der Waals surface area contributed by atoms with Gasteiger partial charge >= 0.3 is 0 Å². The molecule has 0 aromatic rings. The normalized spacial score (nSPS) is 36.4. The summed E-state index contributed by atoms with van der Waals surface area (Å²) in [6.45, 7) is 4.75. The fraction of sp³-hybridized carbons (Fsp3) is 0.952. The van der Waals surface area contributed by atoms with Crippen LogP contribution in [0.3, 0.4) is 0 Å². The minimum absolute atomic E-state index is 0.168. The Balaban J connectivity index is 1.90. The smallest absolute Gasteiger partial charge is 0.237 e.